The summed E-state index contributed by atoms with van der Waals surface area (Å²) in [4.78, 5) is 6.38. The first kappa shape index (κ1) is 9.64. The second-order valence-corrected chi connectivity index (χ2v) is 3.88. The van der Waals surface area contributed by atoms with Crippen LogP contribution < -0.4 is 0 Å². The fraction of sp³-hybridized carbons (Fsp3) is 0.625. The number of hydrogen-bond acceptors (Lipinski definition) is 4. The summed E-state index contributed by atoms with van der Waals surface area (Å²) in [6, 6.07) is 0. The average molecular weight is 186 g/mol. The molecule has 68 valence electrons. The highest BCUT2D eigenvalue weighted by molar-refractivity contribution is 7.09. The van der Waals surface area contributed by atoms with E-state index < -0.39 is 0 Å². The minimum atomic E-state index is 0.208. The van der Waals surface area contributed by atoms with Gasteiger partial charge >= 0.3 is 0 Å². The molecule has 0 aliphatic carbocycles. The minimum absolute atomic E-state index is 0.208. The molecule has 1 aromatic rings. The number of aryl methyl sites for hydroxylation is 1. The van der Waals surface area contributed by atoms with Crippen molar-refractivity contribution in [1.29, 1.82) is 0 Å². The van der Waals surface area contributed by atoms with E-state index in [0.29, 0.717) is 6.54 Å². The van der Waals surface area contributed by atoms with Crippen LogP contribution in [0.4, 0.5) is 0 Å². The van der Waals surface area contributed by atoms with E-state index >= 15 is 0 Å². The summed E-state index contributed by atoms with van der Waals surface area (Å²) in [6.07, 6.45) is 0. The fourth-order valence-electron chi connectivity index (χ4n) is 1.01. The molecule has 0 aromatic carbocycles. The lowest BCUT2D eigenvalue weighted by atomic mass is 10.4. The summed E-state index contributed by atoms with van der Waals surface area (Å²) in [7, 11) is 1.98. The predicted molar refractivity (Wildman–Crippen MR) is 50.3 cm³/mol. The Morgan fingerprint density at radius 1 is 1.67 bits per heavy atom. The normalized spacial score (nSPS) is 11.0. The van der Waals surface area contributed by atoms with Crippen LogP contribution in [0.25, 0.3) is 0 Å². The molecule has 1 rings (SSSR count). The summed E-state index contributed by atoms with van der Waals surface area (Å²) in [6.45, 7) is 3.74. The molecule has 0 spiro atoms. The molecule has 0 aliphatic rings. The number of likely N-dealkylation sites (N-methyl/N-ethyl adjacent to an activating group) is 1. The minimum Gasteiger partial charge on any atom is -0.395 e. The zero-order valence-electron chi connectivity index (χ0n) is 7.45. The van der Waals surface area contributed by atoms with Crippen molar-refractivity contribution in [2.75, 3.05) is 20.2 Å². The molecule has 0 saturated carbocycles. The number of hydrogen-bond donors (Lipinski definition) is 1. The first-order chi connectivity index (χ1) is 5.72. The third kappa shape index (κ3) is 2.89. The van der Waals surface area contributed by atoms with Crippen LogP contribution in [0.3, 0.4) is 0 Å². The van der Waals surface area contributed by atoms with Gasteiger partial charge in [0.1, 0.15) is 0 Å². The lowest BCUT2D eigenvalue weighted by Crippen LogP contribution is -2.21. The largest absolute Gasteiger partial charge is 0.395 e. The molecule has 0 unspecified atom stereocenters. The maximum absolute atomic E-state index is 8.66. The molecule has 3 nitrogen and oxygen atoms in total. The molecule has 1 heterocycles. The Kier molecular flexibility index (Phi) is 3.65. The molecule has 0 bridgehead atoms. The van der Waals surface area contributed by atoms with Crippen molar-refractivity contribution in [3.8, 4) is 0 Å². The fourth-order valence-corrected chi connectivity index (χ4v) is 1.61. The van der Waals surface area contributed by atoms with Crippen molar-refractivity contribution in [3.63, 3.8) is 0 Å². The smallest absolute Gasteiger partial charge is 0.0897 e. The van der Waals surface area contributed by atoms with E-state index in [1.807, 2.05) is 14.0 Å². The number of rotatable bonds is 4. The Bertz CT molecular complexity index is 237. The Morgan fingerprint density at radius 3 is 2.92 bits per heavy atom. The summed E-state index contributed by atoms with van der Waals surface area (Å²) in [5, 5.41) is 11.8. The van der Waals surface area contributed by atoms with E-state index in [-0.39, 0.29) is 6.61 Å². The number of aliphatic hydroxyl groups excluding tert-OH is 1. The molecule has 0 atom stereocenters. The van der Waals surface area contributed by atoms with Crippen LogP contribution in [0.5, 0.6) is 0 Å². The van der Waals surface area contributed by atoms with E-state index in [4.69, 9.17) is 5.11 Å². The predicted octanol–water partition coefficient (Wildman–Crippen LogP) is 0.876. The van der Waals surface area contributed by atoms with Crippen LogP contribution in [-0.2, 0) is 6.54 Å². The van der Waals surface area contributed by atoms with E-state index in [1.54, 1.807) is 11.3 Å². The van der Waals surface area contributed by atoms with Gasteiger partial charge in [-0.05, 0) is 14.0 Å². The molecular weight excluding hydrogens is 172 g/mol. The Balaban J connectivity index is 2.41. The summed E-state index contributed by atoms with van der Waals surface area (Å²) >= 11 is 1.66. The van der Waals surface area contributed by atoms with Gasteiger partial charge < -0.3 is 5.11 Å². The van der Waals surface area contributed by atoms with E-state index in [0.717, 1.165) is 17.2 Å². The van der Waals surface area contributed by atoms with Gasteiger partial charge in [0.15, 0.2) is 0 Å². The summed E-state index contributed by atoms with van der Waals surface area (Å²) < 4.78 is 0. The van der Waals surface area contributed by atoms with Crippen LogP contribution in [0.2, 0.25) is 0 Å². The molecule has 0 fully saturated rings. The van der Waals surface area contributed by atoms with Gasteiger partial charge in [-0.2, -0.15) is 0 Å². The zero-order chi connectivity index (χ0) is 8.97. The molecule has 0 aliphatic heterocycles. The number of aromatic nitrogens is 1. The Hall–Kier alpha value is -0.450. The lowest BCUT2D eigenvalue weighted by Gasteiger charge is -2.12. The van der Waals surface area contributed by atoms with Gasteiger partial charge in [0.25, 0.3) is 0 Å². The molecule has 0 saturated heterocycles. The van der Waals surface area contributed by atoms with Crippen molar-refractivity contribution in [3.05, 3.63) is 16.1 Å². The SMILES string of the molecule is Cc1nc(CN(C)CCO)cs1. The van der Waals surface area contributed by atoms with Crippen molar-refractivity contribution in [1.82, 2.24) is 9.88 Å². The van der Waals surface area contributed by atoms with E-state index in [1.165, 1.54) is 0 Å². The van der Waals surface area contributed by atoms with Crippen molar-refractivity contribution < 1.29 is 5.11 Å². The molecule has 0 amide bonds. The molecule has 12 heavy (non-hydrogen) atoms. The van der Waals surface area contributed by atoms with Crippen molar-refractivity contribution in [2.24, 2.45) is 0 Å². The Labute approximate surface area is 76.7 Å². The van der Waals surface area contributed by atoms with Crippen LogP contribution >= 0.6 is 11.3 Å². The molecule has 1 aromatic heterocycles. The van der Waals surface area contributed by atoms with Crippen LogP contribution in [-0.4, -0.2) is 35.2 Å². The highest BCUT2D eigenvalue weighted by atomic mass is 32.1. The van der Waals surface area contributed by atoms with Gasteiger partial charge in [0.2, 0.25) is 0 Å². The monoisotopic (exact) mass is 186 g/mol. The van der Waals surface area contributed by atoms with Gasteiger partial charge in [-0.15, -0.1) is 11.3 Å². The summed E-state index contributed by atoms with van der Waals surface area (Å²) in [5.74, 6) is 0. The average Bonchev–Trinajstić information content (AvgIpc) is 2.36. The van der Waals surface area contributed by atoms with E-state index in [2.05, 4.69) is 15.3 Å². The zero-order valence-corrected chi connectivity index (χ0v) is 8.27. The highest BCUT2D eigenvalue weighted by Crippen LogP contribution is 2.09. The third-order valence-electron chi connectivity index (χ3n) is 1.58. The van der Waals surface area contributed by atoms with Crippen molar-refractivity contribution >= 4 is 11.3 Å². The molecule has 1 N–H and O–H groups in total. The number of aliphatic hydroxyl groups is 1. The Morgan fingerprint density at radius 2 is 2.42 bits per heavy atom. The summed E-state index contributed by atoms with van der Waals surface area (Å²) in [5.41, 5.74) is 1.09. The number of nitrogens with zero attached hydrogens (tertiary/aromatic N) is 2. The van der Waals surface area contributed by atoms with Crippen LogP contribution in [0, 0.1) is 6.92 Å². The van der Waals surface area contributed by atoms with E-state index in [9.17, 15) is 0 Å². The first-order valence-corrected chi connectivity index (χ1v) is 4.80. The third-order valence-corrected chi connectivity index (χ3v) is 2.40. The topological polar surface area (TPSA) is 36.4 Å². The molecule has 4 heteroatoms. The second-order valence-electron chi connectivity index (χ2n) is 2.82. The maximum Gasteiger partial charge on any atom is 0.0897 e. The number of thiazole rings is 1. The van der Waals surface area contributed by atoms with Gasteiger partial charge in [0.05, 0.1) is 17.3 Å². The highest BCUT2D eigenvalue weighted by Gasteiger charge is 2.01. The molecule has 0 radical (unpaired) electrons. The van der Waals surface area contributed by atoms with Crippen LogP contribution in [0.1, 0.15) is 10.7 Å². The lowest BCUT2D eigenvalue weighted by molar-refractivity contribution is 0.216. The van der Waals surface area contributed by atoms with Gasteiger partial charge in [0, 0.05) is 18.5 Å². The van der Waals surface area contributed by atoms with Gasteiger partial charge in [-0.1, -0.05) is 0 Å². The second kappa shape index (κ2) is 4.54. The first-order valence-electron chi connectivity index (χ1n) is 3.93. The van der Waals surface area contributed by atoms with Crippen LogP contribution in [0.15, 0.2) is 5.38 Å². The maximum atomic E-state index is 8.66. The van der Waals surface area contributed by atoms with Crippen molar-refractivity contribution in [2.45, 2.75) is 13.5 Å². The van der Waals surface area contributed by atoms with Gasteiger partial charge in [-0.25, -0.2) is 4.98 Å². The standard InChI is InChI=1S/C8H14N2OS/c1-7-9-8(6-12-7)5-10(2)3-4-11/h6,11H,3-5H2,1-2H3. The van der Waals surface area contributed by atoms with Gasteiger partial charge in [-0.3, -0.25) is 4.90 Å². The quantitative estimate of drug-likeness (QED) is 0.758. The molecular formula is C8H14N2OS.